The summed E-state index contributed by atoms with van der Waals surface area (Å²) in [5.41, 5.74) is 2.23. The monoisotopic (exact) mass is 272 g/mol. The molecule has 1 aliphatic carbocycles. The Morgan fingerprint density at radius 3 is 2.80 bits per heavy atom. The largest absolute Gasteiger partial charge is 0.392 e. The van der Waals surface area contributed by atoms with Crippen molar-refractivity contribution >= 4 is 11.0 Å². The summed E-state index contributed by atoms with van der Waals surface area (Å²) in [5.74, 6) is 2.16. The van der Waals surface area contributed by atoms with Gasteiger partial charge in [0.05, 0.1) is 17.1 Å². The molecule has 2 aromatic rings. The summed E-state index contributed by atoms with van der Waals surface area (Å²) in [6.07, 6.45) is 4.05. The molecule has 3 nitrogen and oxygen atoms in total. The van der Waals surface area contributed by atoms with E-state index < -0.39 is 0 Å². The maximum Gasteiger partial charge on any atom is 0.112 e. The molecule has 0 aliphatic heterocycles. The van der Waals surface area contributed by atoms with Crippen LogP contribution in [0.1, 0.15) is 38.9 Å². The van der Waals surface area contributed by atoms with Crippen LogP contribution in [0.2, 0.25) is 0 Å². The molecule has 1 aromatic carbocycles. The Bertz CT molecular complexity index is 586. The van der Waals surface area contributed by atoms with Gasteiger partial charge in [-0.1, -0.05) is 26.0 Å². The summed E-state index contributed by atoms with van der Waals surface area (Å²) in [5, 5.41) is 10.4. The molecule has 2 unspecified atom stereocenters. The number of aliphatic hydroxyl groups is 1. The number of hydrogen-bond acceptors (Lipinski definition) is 2. The van der Waals surface area contributed by atoms with Gasteiger partial charge in [-0.3, -0.25) is 0 Å². The molecule has 0 spiro atoms. The summed E-state index contributed by atoms with van der Waals surface area (Å²) in [6.45, 7) is 5.33. The first-order valence-electron chi connectivity index (χ1n) is 7.83. The van der Waals surface area contributed by atoms with Gasteiger partial charge in [0.25, 0.3) is 0 Å². The first kappa shape index (κ1) is 13.6. The Balaban J connectivity index is 1.87. The molecule has 0 amide bonds. The normalized spacial score (nSPS) is 18.4. The molecule has 3 rings (SSSR count). The van der Waals surface area contributed by atoms with Crippen LogP contribution in [-0.4, -0.2) is 20.8 Å². The number of rotatable bonds is 6. The number of aliphatic hydroxyl groups excluding tert-OH is 1. The highest BCUT2D eigenvalue weighted by Crippen LogP contribution is 2.38. The predicted octanol–water partition coefficient (Wildman–Crippen LogP) is 3.40. The molecule has 0 bridgehead atoms. The van der Waals surface area contributed by atoms with Crippen molar-refractivity contribution in [2.45, 2.75) is 52.2 Å². The van der Waals surface area contributed by atoms with Gasteiger partial charge in [0.15, 0.2) is 0 Å². The van der Waals surface area contributed by atoms with E-state index in [2.05, 4.69) is 36.6 Å². The molecule has 3 heteroatoms. The number of para-hydroxylation sites is 2. The third kappa shape index (κ3) is 2.59. The van der Waals surface area contributed by atoms with Crippen LogP contribution in [0.4, 0.5) is 0 Å². The lowest BCUT2D eigenvalue weighted by Gasteiger charge is -2.18. The highest BCUT2D eigenvalue weighted by atomic mass is 16.3. The molecule has 108 valence electrons. The van der Waals surface area contributed by atoms with E-state index >= 15 is 0 Å². The minimum absolute atomic E-state index is 0.269. The molecule has 1 aromatic heterocycles. The van der Waals surface area contributed by atoms with Gasteiger partial charge in [0, 0.05) is 13.0 Å². The van der Waals surface area contributed by atoms with Gasteiger partial charge in [-0.15, -0.1) is 0 Å². The minimum Gasteiger partial charge on any atom is -0.392 e. The van der Waals surface area contributed by atoms with Gasteiger partial charge in [0.2, 0.25) is 0 Å². The van der Waals surface area contributed by atoms with Crippen molar-refractivity contribution in [1.82, 2.24) is 9.55 Å². The molecule has 1 N–H and O–H groups in total. The van der Waals surface area contributed by atoms with Crippen molar-refractivity contribution in [3.05, 3.63) is 30.1 Å². The highest BCUT2D eigenvalue weighted by Gasteiger charge is 2.33. The third-order valence-electron chi connectivity index (χ3n) is 4.55. The number of imidazole rings is 1. The third-order valence-corrected chi connectivity index (χ3v) is 4.55. The van der Waals surface area contributed by atoms with Crippen LogP contribution in [-0.2, 0) is 13.0 Å². The maximum absolute atomic E-state index is 10.4. The second-order valence-electron chi connectivity index (χ2n) is 6.14. The maximum atomic E-state index is 10.4. The smallest absolute Gasteiger partial charge is 0.112 e. The van der Waals surface area contributed by atoms with Gasteiger partial charge in [-0.25, -0.2) is 4.98 Å². The van der Waals surface area contributed by atoms with Crippen LogP contribution < -0.4 is 0 Å². The molecule has 1 heterocycles. The van der Waals surface area contributed by atoms with E-state index in [1.807, 2.05) is 6.07 Å². The zero-order valence-corrected chi connectivity index (χ0v) is 12.4. The van der Waals surface area contributed by atoms with E-state index in [0.717, 1.165) is 30.2 Å². The van der Waals surface area contributed by atoms with Crippen molar-refractivity contribution in [1.29, 1.82) is 0 Å². The second-order valence-corrected chi connectivity index (χ2v) is 6.14. The van der Waals surface area contributed by atoms with Crippen LogP contribution in [0, 0.1) is 11.8 Å². The summed E-state index contributed by atoms with van der Waals surface area (Å²) in [6, 6.07) is 8.27. The number of aromatic nitrogens is 2. The molecule has 20 heavy (non-hydrogen) atoms. The topological polar surface area (TPSA) is 38.0 Å². The molecule has 0 radical (unpaired) electrons. The van der Waals surface area contributed by atoms with Gasteiger partial charge in [-0.2, -0.15) is 0 Å². The van der Waals surface area contributed by atoms with Crippen LogP contribution in [0.5, 0.6) is 0 Å². The average Bonchev–Trinajstić information content (AvgIpc) is 3.24. The molecule has 1 fully saturated rings. The molecule has 1 aliphatic rings. The quantitative estimate of drug-likeness (QED) is 0.875. The first-order chi connectivity index (χ1) is 9.70. The van der Waals surface area contributed by atoms with E-state index in [0.29, 0.717) is 12.3 Å². The zero-order valence-electron chi connectivity index (χ0n) is 12.4. The van der Waals surface area contributed by atoms with Crippen molar-refractivity contribution in [3.63, 3.8) is 0 Å². The van der Waals surface area contributed by atoms with Crippen LogP contribution in [0.25, 0.3) is 11.0 Å². The average molecular weight is 272 g/mol. The minimum atomic E-state index is -0.269. The molecule has 1 saturated carbocycles. The highest BCUT2D eigenvalue weighted by molar-refractivity contribution is 5.75. The SMILES string of the molecule is CCCn1c(CC(O)C(C)C2CC2)nc2ccccc21. The lowest BCUT2D eigenvalue weighted by atomic mass is 9.96. The van der Waals surface area contributed by atoms with Crippen molar-refractivity contribution in [2.75, 3.05) is 0 Å². The Kier molecular flexibility index (Phi) is 3.79. The van der Waals surface area contributed by atoms with Gasteiger partial charge >= 0.3 is 0 Å². The van der Waals surface area contributed by atoms with E-state index in [-0.39, 0.29) is 6.10 Å². The number of nitrogens with zero attached hydrogens (tertiary/aromatic N) is 2. The van der Waals surface area contributed by atoms with Crippen molar-refractivity contribution in [2.24, 2.45) is 11.8 Å². The fourth-order valence-electron chi connectivity index (χ4n) is 3.06. The number of aryl methyl sites for hydroxylation is 1. The summed E-state index contributed by atoms with van der Waals surface area (Å²) in [4.78, 5) is 4.74. The number of fused-ring (bicyclic) bond motifs is 1. The molecule has 0 saturated heterocycles. The van der Waals surface area contributed by atoms with Crippen LogP contribution >= 0.6 is 0 Å². The molecular weight excluding hydrogens is 248 g/mol. The summed E-state index contributed by atoms with van der Waals surface area (Å²) >= 11 is 0. The van der Waals surface area contributed by atoms with Crippen LogP contribution in [0.3, 0.4) is 0 Å². The zero-order chi connectivity index (χ0) is 14.1. The van der Waals surface area contributed by atoms with E-state index in [9.17, 15) is 5.11 Å². The number of benzene rings is 1. The van der Waals surface area contributed by atoms with Gasteiger partial charge in [-0.05, 0) is 43.2 Å². The Labute approximate surface area is 120 Å². The molecular formula is C17H24N2O. The summed E-state index contributed by atoms with van der Waals surface area (Å²) < 4.78 is 2.28. The van der Waals surface area contributed by atoms with E-state index in [1.54, 1.807) is 0 Å². The van der Waals surface area contributed by atoms with Crippen LogP contribution in [0.15, 0.2) is 24.3 Å². The van der Waals surface area contributed by atoms with Gasteiger partial charge < -0.3 is 9.67 Å². The van der Waals surface area contributed by atoms with Crippen molar-refractivity contribution in [3.8, 4) is 0 Å². The van der Waals surface area contributed by atoms with Crippen molar-refractivity contribution < 1.29 is 5.11 Å². The first-order valence-corrected chi connectivity index (χ1v) is 7.83. The lowest BCUT2D eigenvalue weighted by molar-refractivity contribution is 0.102. The number of hydrogen-bond donors (Lipinski definition) is 1. The Morgan fingerprint density at radius 2 is 2.10 bits per heavy atom. The van der Waals surface area contributed by atoms with Gasteiger partial charge in [0.1, 0.15) is 5.82 Å². The predicted molar refractivity (Wildman–Crippen MR) is 81.6 cm³/mol. The Hall–Kier alpha value is -1.35. The fraction of sp³-hybridized carbons (Fsp3) is 0.588. The van der Waals surface area contributed by atoms with E-state index in [4.69, 9.17) is 4.98 Å². The van der Waals surface area contributed by atoms with E-state index in [1.165, 1.54) is 18.4 Å². The standard InChI is InChI=1S/C17H24N2O/c1-3-10-19-15-7-5-4-6-14(15)18-17(19)11-16(20)12(2)13-8-9-13/h4-7,12-13,16,20H,3,8-11H2,1-2H3. The second kappa shape index (κ2) is 5.57. The summed E-state index contributed by atoms with van der Waals surface area (Å²) in [7, 11) is 0. The lowest BCUT2D eigenvalue weighted by Crippen LogP contribution is -2.24. The molecule has 2 atom stereocenters. The Morgan fingerprint density at radius 1 is 1.35 bits per heavy atom. The fourth-order valence-corrected chi connectivity index (χ4v) is 3.06.